The molecule has 0 aliphatic carbocycles. The largest absolute Gasteiger partial charge is 0.356 e. The molecule has 0 radical (unpaired) electrons. The van der Waals surface area contributed by atoms with Crippen LogP contribution < -0.4 is 10.2 Å². The summed E-state index contributed by atoms with van der Waals surface area (Å²) in [7, 11) is 0. The monoisotopic (exact) mass is 375 g/mol. The Bertz CT molecular complexity index is 975. The van der Waals surface area contributed by atoms with Gasteiger partial charge in [0.2, 0.25) is 0 Å². The molecule has 1 aliphatic rings. The molecule has 0 atom stereocenters. The van der Waals surface area contributed by atoms with Crippen LogP contribution in [0.25, 0.3) is 11.3 Å². The van der Waals surface area contributed by atoms with Gasteiger partial charge in [-0.1, -0.05) is 18.2 Å². The number of carbonyl (C=O) groups is 1. The first kappa shape index (κ1) is 18.2. The summed E-state index contributed by atoms with van der Waals surface area (Å²) < 4.78 is 0. The molecule has 1 fully saturated rings. The molecule has 4 rings (SSSR count). The van der Waals surface area contributed by atoms with Crippen molar-refractivity contribution in [3.63, 3.8) is 0 Å². The van der Waals surface area contributed by atoms with Crippen LogP contribution in [0.15, 0.2) is 42.6 Å². The number of carbonyl (C=O) groups excluding carboxylic acids is 1. The Hall–Kier alpha value is -3.15. The van der Waals surface area contributed by atoms with E-state index in [-0.39, 0.29) is 5.91 Å². The maximum absolute atomic E-state index is 13.3. The third kappa shape index (κ3) is 3.63. The Morgan fingerprint density at radius 2 is 1.89 bits per heavy atom. The summed E-state index contributed by atoms with van der Waals surface area (Å²) in [5, 5.41) is 10.1. The van der Waals surface area contributed by atoms with Gasteiger partial charge in [0.15, 0.2) is 0 Å². The maximum atomic E-state index is 13.3. The number of benzene rings is 1. The number of hydrogen-bond donors (Lipinski definition) is 2. The van der Waals surface area contributed by atoms with Crippen molar-refractivity contribution in [3.8, 4) is 11.3 Å². The van der Waals surface area contributed by atoms with Gasteiger partial charge in [0.05, 0.1) is 16.9 Å². The van der Waals surface area contributed by atoms with E-state index in [0.717, 1.165) is 60.0 Å². The van der Waals surface area contributed by atoms with Gasteiger partial charge >= 0.3 is 0 Å². The number of piperidine rings is 1. The number of aromatic amines is 1. The second-order valence-corrected chi connectivity index (χ2v) is 7.28. The molecule has 3 aromatic rings. The van der Waals surface area contributed by atoms with Gasteiger partial charge in [0, 0.05) is 30.5 Å². The third-order valence-electron chi connectivity index (χ3n) is 5.31. The van der Waals surface area contributed by atoms with Gasteiger partial charge in [-0.05, 0) is 56.9 Å². The zero-order chi connectivity index (χ0) is 19.5. The molecule has 0 unspecified atom stereocenters. The molecule has 1 aliphatic heterocycles. The van der Waals surface area contributed by atoms with E-state index in [1.54, 1.807) is 6.20 Å². The number of H-pyrrole nitrogens is 1. The van der Waals surface area contributed by atoms with E-state index in [0.29, 0.717) is 5.56 Å². The Labute approximate surface area is 165 Å². The van der Waals surface area contributed by atoms with Crippen LogP contribution in [0.2, 0.25) is 0 Å². The predicted molar refractivity (Wildman–Crippen MR) is 112 cm³/mol. The fourth-order valence-corrected chi connectivity index (χ4v) is 3.63. The van der Waals surface area contributed by atoms with Gasteiger partial charge in [-0.25, -0.2) is 4.98 Å². The second-order valence-electron chi connectivity index (χ2n) is 7.28. The van der Waals surface area contributed by atoms with Crippen molar-refractivity contribution in [2.75, 3.05) is 23.3 Å². The van der Waals surface area contributed by atoms with E-state index >= 15 is 0 Å². The number of aryl methyl sites for hydroxylation is 2. The maximum Gasteiger partial charge on any atom is 0.259 e. The van der Waals surface area contributed by atoms with E-state index in [9.17, 15) is 4.79 Å². The number of anilines is 2. The fraction of sp³-hybridized carbons (Fsp3) is 0.318. The molecule has 1 saturated heterocycles. The highest BCUT2D eigenvalue weighted by Crippen LogP contribution is 2.29. The molecular weight excluding hydrogens is 350 g/mol. The van der Waals surface area contributed by atoms with E-state index < -0.39 is 0 Å². The van der Waals surface area contributed by atoms with Crippen molar-refractivity contribution in [3.05, 3.63) is 59.4 Å². The van der Waals surface area contributed by atoms with Crippen LogP contribution in [0.1, 0.15) is 40.9 Å². The smallest absolute Gasteiger partial charge is 0.259 e. The quantitative estimate of drug-likeness (QED) is 0.712. The SMILES string of the molecule is Cc1cc(C(=O)Nc2ccccc2-c2ccn[nH]2)c(N2CCCCC2)nc1C. The normalized spacial score (nSPS) is 14.1. The average Bonchev–Trinajstić information content (AvgIpc) is 3.25. The highest BCUT2D eigenvalue weighted by atomic mass is 16.1. The van der Waals surface area contributed by atoms with E-state index in [2.05, 4.69) is 20.4 Å². The highest BCUT2D eigenvalue weighted by molar-refractivity contribution is 6.09. The first-order chi connectivity index (χ1) is 13.6. The fourth-order valence-electron chi connectivity index (χ4n) is 3.63. The molecule has 0 saturated carbocycles. The molecule has 3 heterocycles. The van der Waals surface area contributed by atoms with Gasteiger partial charge in [0.25, 0.3) is 5.91 Å². The van der Waals surface area contributed by atoms with Crippen LogP contribution in [0.3, 0.4) is 0 Å². The first-order valence-corrected chi connectivity index (χ1v) is 9.77. The molecule has 6 heteroatoms. The van der Waals surface area contributed by atoms with Crippen molar-refractivity contribution in [2.45, 2.75) is 33.1 Å². The molecule has 2 aromatic heterocycles. The zero-order valence-electron chi connectivity index (χ0n) is 16.3. The van der Waals surface area contributed by atoms with Crippen molar-refractivity contribution in [1.82, 2.24) is 15.2 Å². The van der Waals surface area contributed by atoms with Crippen molar-refractivity contribution < 1.29 is 4.79 Å². The van der Waals surface area contributed by atoms with Crippen LogP contribution >= 0.6 is 0 Å². The number of nitrogens with one attached hydrogen (secondary N) is 2. The summed E-state index contributed by atoms with van der Waals surface area (Å²) in [6, 6.07) is 11.6. The number of para-hydroxylation sites is 1. The van der Waals surface area contributed by atoms with E-state index in [1.807, 2.05) is 50.2 Å². The van der Waals surface area contributed by atoms with Crippen molar-refractivity contribution in [2.24, 2.45) is 0 Å². The summed E-state index contributed by atoms with van der Waals surface area (Å²) in [5.74, 6) is 0.655. The lowest BCUT2D eigenvalue weighted by molar-refractivity contribution is 0.102. The van der Waals surface area contributed by atoms with Gasteiger partial charge in [-0.15, -0.1) is 0 Å². The molecule has 28 heavy (non-hydrogen) atoms. The minimum Gasteiger partial charge on any atom is -0.356 e. The average molecular weight is 375 g/mol. The van der Waals surface area contributed by atoms with Crippen LogP contribution in [-0.4, -0.2) is 34.2 Å². The Kier molecular flexibility index (Phi) is 5.10. The topological polar surface area (TPSA) is 73.9 Å². The van der Waals surface area contributed by atoms with Crippen molar-refractivity contribution in [1.29, 1.82) is 0 Å². The lowest BCUT2D eigenvalue weighted by Gasteiger charge is -2.29. The summed E-state index contributed by atoms with van der Waals surface area (Å²) in [4.78, 5) is 20.3. The van der Waals surface area contributed by atoms with Crippen LogP contribution in [0.4, 0.5) is 11.5 Å². The lowest BCUT2D eigenvalue weighted by Crippen LogP contribution is -2.32. The molecular formula is C22H25N5O. The zero-order valence-corrected chi connectivity index (χ0v) is 16.3. The van der Waals surface area contributed by atoms with Gasteiger partial charge in [-0.2, -0.15) is 5.10 Å². The Morgan fingerprint density at radius 3 is 2.64 bits per heavy atom. The molecule has 6 nitrogen and oxygen atoms in total. The van der Waals surface area contributed by atoms with Crippen molar-refractivity contribution >= 4 is 17.4 Å². The lowest BCUT2D eigenvalue weighted by atomic mass is 10.1. The molecule has 144 valence electrons. The minimum atomic E-state index is -0.136. The summed E-state index contributed by atoms with van der Waals surface area (Å²) in [5.41, 5.74) is 5.14. The number of amides is 1. The molecule has 1 amide bonds. The molecule has 2 N–H and O–H groups in total. The van der Waals surface area contributed by atoms with Crippen LogP contribution in [0.5, 0.6) is 0 Å². The second kappa shape index (κ2) is 7.84. The van der Waals surface area contributed by atoms with Gasteiger partial charge < -0.3 is 10.2 Å². The van der Waals surface area contributed by atoms with Crippen LogP contribution in [-0.2, 0) is 0 Å². The van der Waals surface area contributed by atoms with Gasteiger partial charge in [0.1, 0.15) is 5.82 Å². The number of nitrogens with zero attached hydrogens (tertiary/aromatic N) is 3. The number of rotatable bonds is 4. The van der Waals surface area contributed by atoms with E-state index in [4.69, 9.17) is 4.98 Å². The molecule has 0 spiro atoms. The Balaban J connectivity index is 1.68. The summed E-state index contributed by atoms with van der Waals surface area (Å²) in [6.45, 7) is 5.89. The highest BCUT2D eigenvalue weighted by Gasteiger charge is 2.22. The third-order valence-corrected chi connectivity index (χ3v) is 5.31. The first-order valence-electron chi connectivity index (χ1n) is 9.77. The molecule has 1 aromatic carbocycles. The summed E-state index contributed by atoms with van der Waals surface area (Å²) in [6.07, 6.45) is 5.22. The Morgan fingerprint density at radius 1 is 1.11 bits per heavy atom. The molecule has 0 bridgehead atoms. The number of aromatic nitrogens is 3. The number of pyridine rings is 1. The van der Waals surface area contributed by atoms with Gasteiger partial charge in [-0.3, -0.25) is 9.89 Å². The van der Waals surface area contributed by atoms with E-state index in [1.165, 1.54) is 6.42 Å². The standard InChI is InChI=1S/C22H25N5O/c1-15-14-18(21(24-16(15)2)27-12-6-3-7-13-27)22(28)25-19-9-5-4-8-17(19)20-10-11-23-26-20/h4-5,8-11,14H,3,6-7,12-13H2,1-2H3,(H,23,26)(H,25,28). The predicted octanol–water partition coefficient (Wildman–Crippen LogP) is 4.33. The number of hydrogen-bond acceptors (Lipinski definition) is 4. The minimum absolute atomic E-state index is 0.136. The summed E-state index contributed by atoms with van der Waals surface area (Å²) >= 11 is 0. The van der Waals surface area contributed by atoms with Crippen LogP contribution in [0, 0.1) is 13.8 Å².